The Morgan fingerprint density at radius 1 is 1.24 bits per heavy atom. The van der Waals surface area contributed by atoms with E-state index in [0.717, 1.165) is 10.5 Å². The summed E-state index contributed by atoms with van der Waals surface area (Å²) in [5, 5.41) is 3.22. The highest BCUT2D eigenvalue weighted by molar-refractivity contribution is 7.98. The van der Waals surface area contributed by atoms with Crippen LogP contribution in [-0.2, 0) is 9.53 Å². The minimum absolute atomic E-state index is 0.270. The number of nitrogens with one attached hydrogen (secondary N) is 1. The summed E-state index contributed by atoms with van der Waals surface area (Å²) in [5.74, 6) is -0.663. The van der Waals surface area contributed by atoms with Crippen LogP contribution in [0.3, 0.4) is 0 Å². The van der Waals surface area contributed by atoms with Crippen LogP contribution in [0.1, 0.15) is 15.9 Å². The van der Waals surface area contributed by atoms with Crippen molar-refractivity contribution >= 4 is 40.9 Å². The first-order valence-electron chi connectivity index (χ1n) is 7.40. The van der Waals surface area contributed by atoms with Gasteiger partial charge in [0.05, 0.1) is 7.11 Å². The molecule has 1 amide bonds. The predicted octanol–water partition coefficient (Wildman–Crippen LogP) is 4.17. The minimum Gasteiger partial charge on any atom is -0.496 e. The lowest BCUT2D eigenvalue weighted by atomic mass is 10.2. The average Bonchev–Trinajstić information content (AvgIpc) is 2.62. The Balaban J connectivity index is 2.00. The van der Waals surface area contributed by atoms with E-state index in [1.807, 2.05) is 6.26 Å². The van der Waals surface area contributed by atoms with Gasteiger partial charge in [0.15, 0.2) is 6.61 Å². The lowest BCUT2D eigenvalue weighted by Gasteiger charge is -2.11. The molecule has 132 valence electrons. The highest BCUT2D eigenvalue weighted by Crippen LogP contribution is 2.26. The fourth-order valence-electron chi connectivity index (χ4n) is 2.11. The van der Waals surface area contributed by atoms with Gasteiger partial charge >= 0.3 is 5.97 Å². The van der Waals surface area contributed by atoms with Crippen molar-refractivity contribution in [1.82, 2.24) is 0 Å². The molecule has 0 heterocycles. The number of ether oxygens (including phenoxy) is 2. The summed E-state index contributed by atoms with van der Waals surface area (Å²) >= 11 is 7.54. The number of halogens is 1. The number of benzene rings is 2. The minimum atomic E-state index is -0.623. The number of anilines is 1. The highest BCUT2D eigenvalue weighted by atomic mass is 35.5. The Morgan fingerprint density at radius 3 is 2.68 bits per heavy atom. The van der Waals surface area contributed by atoms with Crippen LogP contribution in [0, 0.1) is 6.92 Å². The molecule has 1 N–H and O–H groups in total. The molecule has 7 heteroatoms. The molecule has 0 saturated carbocycles. The van der Waals surface area contributed by atoms with Crippen LogP contribution in [0.4, 0.5) is 5.69 Å². The zero-order chi connectivity index (χ0) is 18.4. The SMILES string of the molecule is COc1cc(SC)ccc1C(=O)OCC(=O)Nc1cccc(Cl)c1C. The van der Waals surface area contributed by atoms with Gasteiger partial charge < -0.3 is 14.8 Å². The Bertz CT molecular complexity index is 795. The van der Waals surface area contributed by atoms with Gasteiger partial charge in [-0.25, -0.2) is 4.79 Å². The molecule has 0 fully saturated rings. The molecule has 0 aliphatic rings. The van der Waals surface area contributed by atoms with Gasteiger partial charge in [-0.2, -0.15) is 0 Å². The molecule has 0 atom stereocenters. The third kappa shape index (κ3) is 4.90. The second-order valence-corrected chi connectivity index (χ2v) is 6.39. The molecule has 5 nitrogen and oxygen atoms in total. The summed E-state index contributed by atoms with van der Waals surface area (Å²) in [5.41, 5.74) is 1.60. The molecule has 0 spiro atoms. The van der Waals surface area contributed by atoms with Crippen molar-refractivity contribution in [3.63, 3.8) is 0 Å². The zero-order valence-corrected chi connectivity index (χ0v) is 15.7. The lowest BCUT2D eigenvalue weighted by molar-refractivity contribution is -0.119. The first-order chi connectivity index (χ1) is 12.0. The summed E-state index contributed by atoms with van der Waals surface area (Å²) in [7, 11) is 1.48. The van der Waals surface area contributed by atoms with E-state index in [-0.39, 0.29) is 5.56 Å². The van der Waals surface area contributed by atoms with E-state index in [1.54, 1.807) is 43.3 Å². The van der Waals surface area contributed by atoms with E-state index in [9.17, 15) is 9.59 Å². The van der Waals surface area contributed by atoms with Gasteiger partial charge in [-0.3, -0.25) is 4.79 Å². The first kappa shape index (κ1) is 19.1. The summed E-state index contributed by atoms with van der Waals surface area (Å²) in [4.78, 5) is 25.2. The lowest BCUT2D eigenvalue weighted by Crippen LogP contribution is -2.21. The van der Waals surface area contributed by atoms with Crippen molar-refractivity contribution < 1.29 is 19.1 Å². The van der Waals surface area contributed by atoms with E-state index < -0.39 is 18.5 Å². The molecule has 0 aliphatic carbocycles. The zero-order valence-electron chi connectivity index (χ0n) is 14.1. The average molecular weight is 380 g/mol. The molecule has 2 aromatic rings. The second kappa shape index (κ2) is 8.78. The number of carbonyl (C=O) groups is 2. The molecule has 0 aromatic heterocycles. The maximum Gasteiger partial charge on any atom is 0.342 e. The van der Waals surface area contributed by atoms with Gasteiger partial charge in [0, 0.05) is 15.6 Å². The molecular weight excluding hydrogens is 362 g/mol. The Kier molecular flexibility index (Phi) is 6.73. The number of hydrogen-bond donors (Lipinski definition) is 1. The number of esters is 1. The van der Waals surface area contributed by atoms with Gasteiger partial charge in [0.25, 0.3) is 5.91 Å². The molecule has 0 aliphatic heterocycles. The fraction of sp³-hybridized carbons (Fsp3) is 0.222. The predicted molar refractivity (Wildman–Crippen MR) is 99.9 cm³/mol. The first-order valence-corrected chi connectivity index (χ1v) is 9.00. The summed E-state index contributed by atoms with van der Waals surface area (Å²) in [6.45, 7) is 1.39. The van der Waals surface area contributed by atoms with E-state index in [2.05, 4.69) is 5.32 Å². The molecule has 0 unspecified atom stereocenters. The number of rotatable bonds is 6. The standard InChI is InChI=1S/C18H18ClNO4S/c1-11-14(19)5-4-6-15(11)20-17(21)10-24-18(22)13-8-7-12(25-3)9-16(13)23-2/h4-9H,10H2,1-3H3,(H,20,21). The summed E-state index contributed by atoms with van der Waals surface area (Å²) in [6, 6.07) is 10.3. The largest absolute Gasteiger partial charge is 0.496 e. The maximum absolute atomic E-state index is 12.2. The van der Waals surface area contributed by atoms with Gasteiger partial charge in [0.2, 0.25) is 0 Å². The van der Waals surface area contributed by atoms with Crippen LogP contribution in [0.5, 0.6) is 5.75 Å². The van der Waals surface area contributed by atoms with Gasteiger partial charge in [-0.1, -0.05) is 17.7 Å². The van der Waals surface area contributed by atoms with E-state index >= 15 is 0 Å². The number of methoxy groups -OCH3 is 1. The third-order valence-corrected chi connectivity index (χ3v) is 4.64. The maximum atomic E-state index is 12.2. The Labute approximate surface area is 155 Å². The molecule has 2 rings (SSSR count). The van der Waals surface area contributed by atoms with Gasteiger partial charge in [-0.15, -0.1) is 11.8 Å². The smallest absolute Gasteiger partial charge is 0.342 e. The third-order valence-electron chi connectivity index (χ3n) is 3.50. The number of hydrogen-bond acceptors (Lipinski definition) is 5. The van der Waals surface area contributed by atoms with Crippen LogP contribution in [0.25, 0.3) is 0 Å². The molecule has 25 heavy (non-hydrogen) atoms. The van der Waals surface area contributed by atoms with E-state index in [0.29, 0.717) is 16.5 Å². The summed E-state index contributed by atoms with van der Waals surface area (Å²) < 4.78 is 10.3. The monoisotopic (exact) mass is 379 g/mol. The van der Waals surface area contributed by atoms with Crippen molar-refractivity contribution in [3.8, 4) is 5.75 Å². The van der Waals surface area contributed by atoms with Crippen molar-refractivity contribution in [3.05, 3.63) is 52.5 Å². The van der Waals surface area contributed by atoms with Crippen LogP contribution < -0.4 is 10.1 Å². The Hall–Kier alpha value is -2.18. The van der Waals surface area contributed by atoms with Gasteiger partial charge in [-0.05, 0) is 49.1 Å². The van der Waals surface area contributed by atoms with Crippen LogP contribution in [-0.4, -0.2) is 31.8 Å². The second-order valence-electron chi connectivity index (χ2n) is 5.10. The van der Waals surface area contributed by atoms with Crippen molar-refractivity contribution in [2.45, 2.75) is 11.8 Å². The topological polar surface area (TPSA) is 64.6 Å². The van der Waals surface area contributed by atoms with Gasteiger partial charge in [0.1, 0.15) is 11.3 Å². The molecule has 0 bridgehead atoms. The van der Waals surface area contributed by atoms with E-state index in [1.165, 1.54) is 18.9 Å². The fourth-order valence-corrected chi connectivity index (χ4v) is 2.71. The molecule has 0 saturated heterocycles. The number of thioether (sulfide) groups is 1. The number of amides is 1. The van der Waals surface area contributed by atoms with E-state index in [4.69, 9.17) is 21.1 Å². The quantitative estimate of drug-likeness (QED) is 0.602. The van der Waals surface area contributed by atoms with Crippen LogP contribution in [0.15, 0.2) is 41.3 Å². The van der Waals surface area contributed by atoms with Crippen molar-refractivity contribution in [2.75, 3.05) is 25.3 Å². The van der Waals surface area contributed by atoms with Crippen molar-refractivity contribution in [1.29, 1.82) is 0 Å². The van der Waals surface area contributed by atoms with Crippen LogP contribution >= 0.6 is 23.4 Å². The molecule has 2 aromatic carbocycles. The molecular formula is C18H18ClNO4S. The Morgan fingerprint density at radius 2 is 2.00 bits per heavy atom. The highest BCUT2D eigenvalue weighted by Gasteiger charge is 2.16. The number of carbonyl (C=O) groups excluding carboxylic acids is 2. The van der Waals surface area contributed by atoms with Crippen LogP contribution in [0.2, 0.25) is 5.02 Å². The van der Waals surface area contributed by atoms with Crippen molar-refractivity contribution in [2.24, 2.45) is 0 Å². The molecule has 0 radical (unpaired) electrons. The normalized spacial score (nSPS) is 10.2. The summed E-state index contributed by atoms with van der Waals surface area (Å²) in [6.07, 6.45) is 1.93.